The van der Waals surface area contributed by atoms with Gasteiger partial charge < -0.3 is 14.0 Å². The van der Waals surface area contributed by atoms with Crippen LogP contribution in [0.1, 0.15) is 19.1 Å². The van der Waals surface area contributed by atoms with Gasteiger partial charge in [-0.2, -0.15) is 5.10 Å². The van der Waals surface area contributed by atoms with E-state index in [2.05, 4.69) is 20.2 Å². The molecule has 0 fully saturated rings. The molecule has 3 heterocycles. The Balaban J connectivity index is 1.23. The Morgan fingerprint density at radius 1 is 1.03 bits per heavy atom. The zero-order chi connectivity index (χ0) is 25.8. The van der Waals surface area contributed by atoms with Crippen LogP contribution in [0.4, 0.5) is 8.78 Å². The number of aromatic nitrogens is 5. The normalized spacial score (nSPS) is 11.1. The highest BCUT2D eigenvalue weighted by atomic mass is 19.2. The number of rotatable bonds is 9. The Kier molecular flexibility index (Phi) is 6.84. The number of nitrogens with zero attached hydrogens (tertiary/aromatic N) is 5. The largest absolute Gasteiger partial charge is 0.493 e. The van der Waals surface area contributed by atoms with Crippen molar-refractivity contribution in [2.24, 2.45) is 0 Å². The zero-order valence-electron chi connectivity index (χ0n) is 19.7. The van der Waals surface area contributed by atoms with Crippen molar-refractivity contribution in [3.8, 4) is 39.8 Å². The molecule has 2 aliphatic heterocycles. The fourth-order valence-electron chi connectivity index (χ4n) is 3.61. The van der Waals surface area contributed by atoms with Gasteiger partial charge in [0.15, 0.2) is 23.2 Å². The molecule has 0 atom stereocenters. The van der Waals surface area contributed by atoms with Crippen LogP contribution in [0.15, 0.2) is 65.4 Å². The van der Waals surface area contributed by atoms with Gasteiger partial charge in [-0.25, -0.2) is 18.7 Å². The second-order valence-electron chi connectivity index (χ2n) is 8.14. The van der Waals surface area contributed by atoms with Crippen LogP contribution >= 0.6 is 0 Å². The summed E-state index contributed by atoms with van der Waals surface area (Å²) in [7, 11) is 0. The van der Waals surface area contributed by atoms with Crippen molar-refractivity contribution in [2.45, 2.75) is 19.9 Å². The Morgan fingerprint density at radius 2 is 1.84 bits per heavy atom. The fourth-order valence-corrected chi connectivity index (χ4v) is 3.61. The minimum Gasteiger partial charge on any atom is -0.493 e. The number of ether oxygens (including phenoxy) is 2. The molecular formula is C26H21F2N5O4. The van der Waals surface area contributed by atoms with Crippen LogP contribution in [0.25, 0.3) is 34.0 Å². The molecule has 1 aromatic heterocycles. The molecular weight excluding hydrogens is 484 g/mol. The molecule has 0 saturated heterocycles. The van der Waals surface area contributed by atoms with E-state index in [1.807, 2.05) is 24.3 Å². The summed E-state index contributed by atoms with van der Waals surface area (Å²) >= 11 is 0. The van der Waals surface area contributed by atoms with Gasteiger partial charge >= 0.3 is 5.97 Å². The lowest BCUT2D eigenvalue weighted by molar-refractivity contribution is -0.141. The number of hydrogen-bond donors (Lipinski definition) is 0. The highest BCUT2D eigenvalue weighted by Gasteiger charge is 2.18. The molecule has 37 heavy (non-hydrogen) atoms. The van der Waals surface area contributed by atoms with Gasteiger partial charge in [-0.1, -0.05) is 11.2 Å². The lowest BCUT2D eigenvalue weighted by Crippen LogP contribution is -2.05. The summed E-state index contributed by atoms with van der Waals surface area (Å²) in [5, 5.41) is 8.44. The zero-order valence-corrected chi connectivity index (χ0v) is 19.7. The lowest BCUT2D eigenvalue weighted by atomic mass is 10.1. The van der Waals surface area contributed by atoms with Gasteiger partial charge in [0.1, 0.15) is 29.4 Å². The van der Waals surface area contributed by atoms with Gasteiger partial charge in [-0.3, -0.25) is 9.48 Å². The van der Waals surface area contributed by atoms with E-state index in [0.717, 1.165) is 11.6 Å². The van der Waals surface area contributed by atoms with E-state index in [4.69, 9.17) is 14.0 Å². The van der Waals surface area contributed by atoms with Gasteiger partial charge in [0.2, 0.25) is 0 Å². The smallest absolute Gasteiger partial charge is 0.302 e. The third-order valence-electron chi connectivity index (χ3n) is 5.40. The van der Waals surface area contributed by atoms with Crippen LogP contribution in [-0.4, -0.2) is 44.1 Å². The summed E-state index contributed by atoms with van der Waals surface area (Å²) < 4.78 is 45.3. The van der Waals surface area contributed by atoms with Gasteiger partial charge in [-0.15, -0.1) is 0 Å². The van der Waals surface area contributed by atoms with Gasteiger partial charge in [0, 0.05) is 25.0 Å². The first kappa shape index (κ1) is 24.0. The van der Waals surface area contributed by atoms with Crippen molar-refractivity contribution >= 4 is 5.97 Å². The van der Waals surface area contributed by atoms with E-state index >= 15 is 0 Å². The first-order chi connectivity index (χ1) is 18.0. The highest BCUT2D eigenvalue weighted by molar-refractivity contribution is 5.66. The molecule has 0 saturated carbocycles. The molecule has 0 amide bonds. The van der Waals surface area contributed by atoms with E-state index in [1.54, 1.807) is 16.9 Å². The highest BCUT2D eigenvalue weighted by Crippen LogP contribution is 2.27. The Bertz CT molecular complexity index is 1500. The number of hydrogen-bond acceptors (Lipinski definition) is 8. The summed E-state index contributed by atoms with van der Waals surface area (Å²) in [5.74, 6) is -0.918. The standard InChI is InChI=1S/C26H21F2N5O4/c1-16(34)35-10-3-11-36-18-8-6-17(7-9-18)22-12-19(37-32-22)14-33-15-24-23(13-29-33)30-26(31-24)20-4-2-5-21(27)25(20)28/h2,4-9,12-13,15H,3,10-11,14H2,1H3. The SMILES string of the molecule is CC(=O)OCCCOc1ccc(-c2cc(Cn3cc4nc(-c5cccc(F)c5F)nc-4cn3)on2)cc1. The summed E-state index contributed by atoms with van der Waals surface area (Å²) in [6.45, 7) is 2.40. The van der Waals surface area contributed by atoms with Crippen molar-refractivity contribution in [2.75, 3.05) is 13.2 Å². The summed E-state index contributed by atoms with van der Waals surface area (Å²) in [6, 6.07) is 13.1. The number of fused-ring (bicyclic) bond motifs is 1. The topological polar surface area (TPSA) is 105 Å². The average Bonchev–Trinajstić information content (AvgIpc) is 3.52. The molecule has 0 N–H and O–H groups in total. The summed E-state index contributed by atoms with van der Waals surface area (Å²) in [5.41, 5.74) is 2.43. The van der Waals surface area contributed by atoms with Gasteiger partial charge in [0.25, 0.3) is 0 Å². The molecule has 2 aromatic carbocycles. The maximum atomic E-state index is 14.1. The van der Waals surface area contributed by atoms with Crippen molar-refractivity contribution in [3.63, 3.8) is 0 Å². The van der Waals surface area contributed by atoms with Crippen LogP contribution in [0.2, 0.25) is 0 Å². The number of esters is 1. The van der Waals surface area contributed by atoms with E-state index in [-0.39, 0.29) is 23.9 Å². The lowest BCUT2D eigenvalue weighted by Gasteiger charge is -2.06. The molecule has 11 heteroatoms. The molecule has 0 aliphatic carbocycles. The van der Waals surface area contributed by atoms with E-state index in [0.29, 0.717) is 48.2 Å². The summed E-state index contributed by atoms with van der Waals surface area (Å²) in [6.07, 6.45) is 3.76. The van der Waals surface area contributed by atoms with Gasteiger partial charge in [-0.05, 0) is 36.4 Å². The Labute approximate surface area is 210 Å². The van der Waals surface area contributed by atoms with E-state index in [1.165, 1.54) is 25.3 Å². The molecule has 3 aromatic rings. The molecule has 9 nitrogen and oxygen atoms in total. The predicted octanol–water partition coefficient (Wildman–Crippen LogP) is 4.76. The van der Waals surface area contributed by atoms with Crippen molar-refractivity contribution < 1.29 is 27.6 Å². The van der Waals surface area contributed by atoms with Gasteiger partial charge in [0.05, 0.1) is 31.2 Å². The molecule has 0 radical (unpaired) electrons. The molecule has 0 unspecified atom stereocenters. The van der Waals surface area contributed by atoms with E-state index in [9.17, 15) is 13.6 Å². The Morgan fingerprint density at radius 3 is 2.65 bits per heavy atom. The molecule has 5 rings (SSSR count). The minimum atomic E-state index is -0.994. The molecule has 188 valence electrons. The number of carbonyl (C=O) groups excluding carboxylic acids is 1. The summed E-state index contributed by atoms with van der Waals surface area (Å²) in [4.78, 5) is 19.4. The fraction of sp³-hybridized carbons (Fsp3) is 0.192. The second-order valence-corrected chi connectivity index (χ2v) is 8.14. The third-order valence-corrected chi connectivity index (χ3v) is 5.40. The molecule has 2 aliphatic rings. The maximum Gasteiger partial charge on any atom is 0.302 e. The van der Waals surface area contributed by atoms with Crippen LogP contribution in [-0.2, 0) is 16.1 Å². The van der Waals surface area contributed by atoms with Crippen molar-refractivity contribution in [3.05, 3.63) is 78.3 Å². The van der Waals surface area contributed by atoms with Crippen molar-refractivity contribution in [1.82, 2.24) is 24.9 Å². The number of imidazole rings is 1. The van der Waals surface area contributed by atoms with Crippen molar-refractivity contribution in [1.29, 1.82) is 0 Å². The first-order valence-corrected chi connectivity index (χ1v) is 11.4. The molecule has 0 spiro atoms. The average molecular weight is 505 g/mol. The number of halogens is 2. The second kappa shape index (κ2) is 10.5. The Hall–Kier alpha value is -4.67. The van der Waals surface area contributed by atoms with Crippen LogP contribution in [0.5, 0.6) is 5.75 Å². The van der Waals surface area contributed by atoms with Crippen LogP contribution in [0, 0.1) is 11.6 Å². The monoisotopic (exact) mass is 505 g/mol. The quantitative estimate of drug-likeness (QED) is 0.209. The first-order valence-electron chi connectivity index (χ1n) is 11.4. The van der Waals surface area contributed by atoms with Crippen LogP contribution in [0.3, 0.4) is 0 Å². The maximum absolute atomic E-state index is 14.1. The third kappa shape index (κ3) is 5.61. The number of benzene rings is 2. The van der Waals surface area contributed by atoms with Crippen LogP contribution < -0.4 is 4.74 Å². The van der Waals surface area contributed by atoms with E-state index < -0.39 is 11.6 Å². The number of carbonyl (C=O) groups is 1. The minimum absolute atomic E-state index is 0.0129. The predicted molar refractivity (Wildman–Crippen MR) is 128 cm³/mol. The molecule has 0 bridgehead atoms.